The fraction of sp³-hybridized carbons (Fsp3) is 0.529. The summed E-state index contributed by atoms with van der Waals surface area (Å²) in [5.74, 6) is 0.0211. The topological polar surface area (TPSA) is 61.4 Å². The first-order valence-corrected chi connectivity index (χ1v) is 8.15. The summed E-state index contributed by atoms with van der Waals surface area (Å²) in [6, 6.07) is 7.32. The smallest absolute Gasteiger partial charge is 0.255 e. The van der Waals surface area contributed by atoms with E-state index in [1.165, 1.54) is 0 Å². The molecule has 0 aromatic heterocycles. The minimum atomic E-state index is -0.0105. The quantitative estimate of drug-likeness (QED) is 0.896. The van der Waals surface area contributed by atoms with Gasteiger partial charge in [0.1, 0.15) is 0 Å². The van der Waals surface area contributed by atoms with Gasteiger partial charge < -0.3 is 15.5 Å². The van der Waals surface area contributed by atoms with Crippen LogP contribution in [0.2, 0.25) is 0 Å². The summed E-state index contributed by atoms with van der Waals surface area (Å²) in [6.07, 6.45) is 4.05. The number of piperidine rings is 1. The lowest BCUT2D eigenvalue weighted by Gasteiger charge is -2.23. The highest BCUT2D eigenvalue weighted by Gasteiger charge is 2.25. The first kappa shape index (κ1) is 15.0. The third-order valence-electron chi connectivity index (χ3n) is 4.48. The molecule has 5 nitrogen and oxygen atoms in total. The molecular weight excluding hydrogens is 278 g/mol. The van der Waals surface area contributed by atoms with E-state index in [4.69, 9.17) is 0 Å². The SMILES string of the molecule is O=C(Nc1ccccc1C(=O)N1CCCC1)C1CCCNC1. The van der Waals surface area contributed by atoms with Crippen LogP contribution in [0.4, 0.5) is 5.69 Å². The Morgan fingerprint density at radius 2 is 1.91 bits per heavy atom. The van der Waals surface area contributed by atoms with Crippen LogP contribution in [0.25, 0.3) is 0 Å². The Hall–Kier alpha value is -1.88. The van der Waals surface area contributed by atoms with Gasteiger partial charge in [0.2, 0.25) is 5.91 Å². The molecule has 1 atom stereocenters. The highest BCUT2D eigenvalue weighted by atomic mass is 16.2. The molecule has 0 aliphatic carbocycles. The van der Waals surface area contributed by atoms with Gasteiger partial charge in [-0.25, -0.2) is 0 Å². The molecule has 0 spiro atoms. The number of amides is 2. The Labute approximate surface area is 131 Å². The molecule has 2 saturated heterocycles. The number of hydrogen-bond acceptors (Lipinski definition) is 3. The van der Waals surface area contributed by atoms with Crippen molar-refractivity contribution in [2.75, 3.05) is 31.5 Å². The molecule has 2 aliphatic heterocycles. The third-order valence-corrected chi connectivity index (χ3v) is 4.48. The van der Waals surface area contributed by atoms with Gasteiger partial charge in [-0.15, -0.1) is 0 Å². The van der Waals surface area contributed by atoms with Gasteiger partial charge in [0.25, 0.3) is 5.91 Å². The molecule has 1 aromatic rings. The van der Waals surface area contributed by atoms with Crippen LogP contribution in [0.15, 0.2) is 24.3 Å². The number of rotatable bonds is 3. The van der Waals surface area contributed by atoms with E-state index < -0.39 is 0 Å². The van der Waals surface area contributed by atoms with Gasteiger partial charge in [0, 0.05) is 19.6 Å². The summed E-state index contributed by atoms with van der Waals surface area (Å²) in [7, 11) is 0. The lowest BCUT2D eigenvalue weighted by Crippen LogP contribution is -2.37. The lowest BCUT2D eigenvalue weighted by atomic mass is 9.98. The largest absolute Gasteiger partial charge is 0.339 e. The fourth-order valence-corrected chi connectivity index (χ4v) is 3.18. The van der Waals surface area contributed by atoms with Gasteiger partial charge >= 0.3 is 0 Å². The minimum Gasteiger partial charge on any atom is -0.339 e. The minimum absolute atomic E-state index is 0.00821. The number of para-hydroxylation sites is 1. The molecule has 0 saturated carbocycles. The zero-order valence-electron chi connectivity index (χ0n) is 12.8. The molecule has 0 radical (unpaired) electrons. The molecule has 2 aliphatic rings. The summed E-state index contributed by atoms with van der Waals surface area (Å²) < 4.78 is 0. The number of carbonyl (C=O) groups is 2. The number of hydrogen-bond donors (Lipinski definition) is 2. The Kier molecular flexibility index (Phi) is 4.73. The van der Waals surface area contributed by atoms with Crippen LogP contribution in [0, 0.1) is 5.92 Å². The molecule has 1 unspecified atom stereocenters. The molecule has 5 heteroatoms. The number of anilines is 1. The summed E-state index contributed by atoms with van der Waals surface area (Å²) in [6.45, 7) is 3.32. The van der Waals surface area contributed by atoms with Crippen LogP contribution < -0.4 is 10.6 Å². The van der Waals surface area contributed by atoms with E-state index in [1.54, 1.807) is 6.07 Å². The summed E-state index contributed by atoms with van der Waals surface area (Å²) in [4.78, 5) is 26.8. The van der Waals surface area contributed by atoms with Crippen molar-refractivity contribution in [3.05, 3.63) is 29.8 Å². The van der Waals surface area contributed by atoms with Gasteiger partial charge in [-0.2, -0.15) is 0 Å². The maximum Gasteiger partial charge on any atom is 0.255 e. The number of carbonyl (C=O) groups excluding carboxylic acids is 2. The van der Waals surface area contributed by atoms with Crippen molar-refractivity contribution in [3.63, 3.8) is 0 Å². The Morgan fingerprint density at radius 1 is 1.14 bits per heavy atom. The number of nitrogens with one attached hydrogen (secondary N) is 2. The first-order chi connectivity index (χ1) is 10.8. The molecular formula is C17H23N3O2. The average molecular weight is 301 g/mol. The van der Waals surface area contributed by atoms with Crippen molar-refractivity contribution in [2.24, 2.45) is 5.92 Å². The van der Waals surface area contributed by atoms with E-state index in [0.717, 1.165) is 45.3 Å². The van der Waals surface area contributed by atoms with Crippen LogP contribution in [0.1, 0.15) is 36.0 Å². The van der Waals surface area contributed by atoms with Crippen molar-refractivity contribution < 1.29 is 9.59 Å². The maximum atomic E-state index is 12.6. The second-order valence-corrected chi connectivity index (χ2v) is 6.08. The van der Waals surface area contributed by atoms with Crippen molar-refractivity contribution in [3.8, 4) is 0 Å². The Morgan fingerprint density at radius 3 is 2.64 bits per heavy atom. The van der Waals surface area contributed by atoms with Crippen molar-refractivity contribution in [1.82, 2.24) is 10.2 Å². The van der Waals surface area contributed by atoms with Crippen molar-refractivity contribution in [2.45, 2.75) is 25.7 Å². The van der Waals surface area contributed by atoms with E-state index in [1.807, 2.05) is 23.1 Å². The summed E-state index contributed by atoms with van der Waals surface area (Å²) >= 11 is 0. The summed E-state index contributed by atoms with van der Waals surface area (Å²) in [5, 5.41) is 6.21. The maximum absolute atomic E-state index is 12.6. The van der Waals surface area contributed by atoms with Gasteiger partial charge in [-0.3, -0.25) is 9.59 Å². The molecule has 22 heavy (non-hydrogen) atoms. The highest BCUT2D eigenvalue weighted by molar-refractivity contribution is 6.04. The molecule has 2 fully saturated rings. The van der Waals surface area contributed by atoms with Crippen LogP contribution in [0.3, 0.4) is 0 Å². The monoisotopic (exact) mass is 301 g/mol. The fourth-order valence-electron chi connectivity index (χ4n) is 3.18. The van der Waals surface area contributed by atoms with E-state index in [-0.39, 0.29) is 17.7 Å². The van der Waals surface area contributed by atoms with Gasteiger partial charge in [0.15, 0.2) is 0 Å². The van der Waals surface area contributed by atoms with Gasteiger partial charge in [-0.1, -0.05) is 12.1 Å². The molecule has 3 rings (SSSR count). The van der Waals surface area contributed by atoms with E-state index in [2.05, 4.69) is 10.6 Å². The number of benzene rings is 1. The Balaban J connectivity index is 1.73. The van der Waals surface area contributed by atoms with Crippen LogP contribution in [-0.4, -0.2) is 42.9 Å². The van der Waals surface area contributed by atoms with Crippen molar-refractivity contribution >= 4 is 17.5 Å². The van der Waals surface area contributed by atoms with Gasteiger partial charge in [0.05, 0.1) is 17.2 Å². The zero-order chi connectivity index (χ0) is 15.4. The third kappa shape index (κ3) is 3.30. The van der Waals surface area contributed by atoms with Crippen molar-refractivity contribution in [1.29, 1.82) is 0 Å². The highest BCUT2D eigenvalue weighted by Crippen LogP contribution is 2.21. The molecule has 2 amide bonds. The average Bonchev–Trinajstić information content (AvgIpc) is 3.10. The molecule has 2 N–H and O–H groups in total. The molecule has 118 valence electrons. The molecule has 2 heterocycles. The predicted molar refractivity (Wildman–Crippen MR) is 85.8 cm³/mol. The van der Waals surface area contributed by atoms with Crippen LogP contribution >= 0.6 is 0 Å². The molecule has 1 aromatic carbocycles. The number of likely N-dealkylation sites (tertiary alicyclic amines) is 1. The normalized spacial score (nSPS) is 21.6. The second-order valence-electron chi connectivity index (χ2n) is 6.08. The van der Waals surface area contributed by atoms with Gasteiger partial charge in [-0.05, 0) is 44.4 Å². The van der Waals surface area contributed by atoms with E-state index >= 15 is 0 Å². The van der Waals surface area contributed by atoms with E-state index in [0.29, 0.717) is 17.8 Å². The first-order valence-electron chi connectivity index (χ1n) is 8.15. The predicted octanol–water partition coefficient (Wildman–Crippen LogP) is 1.86. The number of nitrogens with zero attached hydrogens (tertiary/aromatic N) is 1. The lowest BCUT2D eigenvalue weighted by molar-refractivity contribution is -0.120. The van der Waals surface area contributed by atoms with E-state index in [9.17, 15) is 9.59 Å². The Bertz CT molecular complexity index is 547. The second kappa shape index (κ2) is 6.92. The zero-order valence-corrected chi connectivity index (χ0v) is 12.8. The molecule has 0 bridgehead atoms. The van der Waals surface area contributed by atoms with Crippen LogP contribution in [-0.2, 0) is 4.79 Å². The van der Waals surface area contributed by atoms with Crippen LogP contribution in [0.5, 0.6) is 0 Å². The standard InChI is InChI=1S/C17H23N3O2/c21-16(13-6-5-9-18-12-13)19-15-8-2-1-7-14(15)17(22)20-10-3-4-11-20/h1-2,7-8,13,18H,3-6,9-12H2,(H,19,21). The summed E-state index contributed by atoms with van der Waals surface area (Å²) in [5.41, 5.74) is 1.23.